The summed E-state index contributed by atoms with van der Waals surface area (Å²) in [5.41, 5.74) is 6.36. The minimum Gasteiger partial charge on any atom is -0.0984 e. The summed E-state index contributed by atoms with van der Waals surface area (Å²) in [5, 5.41) is 0. The van der Waals surface area contributed by atoms with Gasteiger partial charge in [-0.2, -0.15) is 0 Å². The van der Waals surface area contributed by atoms with Gasteiger partial charge < -0.3 is 0 Å². The summed E-state index contributed by atoms with van der Waals surface area (Å²) in [4.78, 5) is 0. The molecule has 0 aliphatic heterocycles. The van der Waals surface area contributed by atoms with Crippen LogP contribution in [-0.2, 0) is 0 Å². The average molecular weight is 248 g/mol. The maximum atomic E-state index is 3.88. The van der Waals surface area contributed by atoms with Gasteiger partial charge in [0, 0.05) is 0 Å². The van der Waals surface area contributed by atoms with E-state index in [0.29, 0.717) is 0 Å². The third kappa shape index (κ3) is 3.23. The topological polar surface area (TPSA) is 0 Å². The van der Waals surface area contributed by atoms with Gasteiger partial charge in [-0.1, -0.05) is 79.7 Å². The number of allylic oxidation sites excluding steroid dienone is 1. The fourth-order valence-electron chi connectivity index (χ4n) is 2.17. The number of hydrogen-bond acceptors (Lipinski definition) is 0. The fraction of sp³-hybridized carbons (Fsp3) is 0.158. The minimum atomic E-state index is 1.02. The Kier molecular flexibility index (Phi) is 4.35. The second-order valence-electron chi connectivity index (χ2n) is 4.72. The zero-order chi connectivity index (χ0) is 13.7. The molecule has 0 unspecified atom stereocenters. The maximum Gasteiger partial charge on any atom is -0.0181 e. The van der Waals surface area contributed by atoms with Crippen molar-refractivity contribution in [2.24, 2.45) is 0 Å². The van der Waals surface area contributed by atoms with Crippen molar-refractivity contribution >= 4 is 17.7 Å². The molecule has 96 valence electrons. The highest BCUT2D eigenvalue weighted by atomic mass is 14.1. The quantitative estimate of drug-likeness (QED) is 0.619. The van der Waals surface area contributed by atoms with Gasteiger partial charge in [0.15, 0.2) is 0 Å². The molecule has 19 heavy (non-hydrogen) atoms. The Labute approximate surface area is 116 Å². The highest BCUT2D eigenvalue weighted by molar-refractivity contribution is 5.83. The van der Waals surface area contributed by atoms with Crippen LogP contribution in [0.15, 0.2) is 55.1 Å². The molecule has 0 heterocycles. The molecule has 0 aliphatic carbocycles. The molecule has 2 aromatic carbocycles. The predicted octanol–water partition coefficient (Wildman–Crippen LogP) is 5.59. The smallest absolute Gasteiger partial charge is 0.0181 e. The van der Waals surface area contributed by atoms with Crippen molar-refractivity contribution in [2.45, 2.75) is 20.3 Å². The lowest BCUT2D eigenvalue weighted by molar-refractivity contribution is 1.24. The average Bonchev–Trinajstić information content (AvgIpc) is 2.46. The van der Waals surface area contributed by atoms with Crippen LogP contribution in [0.5, 0.6) is 0 Å². The molecule has 0 saturated carbocycles. The molecular formula is C19H20. The second kappa shape index (κ2) is 6.19. The SMILES string of the molecule is C=Cc1ccccc1/C=C(\CC)c1ccc(C)cc1. The summed E-state index contributed by atoms with van der Waals surface area (Å²) in [6, 6.07) is 17.1. The molecule has 0 aliphatic rings. The summed E-state index contributed by atoms with van der Waals surface area (Å²) in [5.74, 6) is 0. The van der Waals surface area contributed by atoms with E-state index in [1.54, 1.807) is 0 Å². The molecule has 0 bridgehead atoms. The number of aryl methyl sites for hydroxylation is 1. The summed E-state index contributed by atoms with van der Waals surface area (Å²) < 4.78 is 0. The summed E-state index contributed by atoms with van der Waals surface area (Å²) in [6.07, 6.45) is 5.20. The molecule has 0 atom stereocenters. The first-order chi connectivity index (χ1) is 9.24. The standard InChI is InChI=1S/C19H20/c1-4-16-8-6-7-9-19(16)14-17(5-2)18-12-10-15(3)11-13-18/h4,6-14H,1,5H2,2-3H3/b17-14+. The zero-order valence-electron chi connectivity index (χ0n) is 11.7. The third-order valence-electron chi connectivity index (χ3n) is 3.35. The lowest BCUT2D eigenvalue weighted by atomic mass is 9.97. The van der Waals surface area contributed by atoms with Crippen LogP contribution < -0.4 is 0 Å². The minimum absolute atomic E-state index is 1.02. The number of benzene rings is 2. The van der Waals surface area contributed by atoms with Crippen molar-refractivity contribution in [2.75, 3.05) is 0 Å². The van der Waals surface area contributed by atoms with E-state index in [4.69, 9.17) is 0 Å². The van der Waals surface area contributed by atoms with Crippen LogP contribution in [0, 0.1) is 6.92 Å². The Bertz CT molecular complexity index is 586. The highest BCUT2D eigenvalue weighted by Crippen LogP contribution is 2.23. The van der Waals surface area contributed by atoms with E-state index in [1.165, 1.54) is 27.8 Å². The summed E-state index contributed by atoms with van der Waals surface area (Å²) in [6.45, 7) is 8.19. The van der Waals surface area contributed by atoms with E-state index in [9.17, 15) is 0 Å². The van der Waals surface area contributed by atoms with Gasteiger partial charge in [0.25, 0.3) is 0 Å². The van der Waals surface area contributed by atoms with Crippen LogP contribution in [-0.4, -0.2) is 0 Å². The largest absolute Gasteiger partial charge is 0.0984 e. The molecule has 0 spiro atoms. The Morgan fingerprint density at radius 1 is 1.00 bits per heavy atom. The lowest BCUT2D eigenvalue weighted by Crippen LogP contribution is -1.86. The van der Waals surface area contributed by atoms with Crippen molar-refractivity contribution in [3.63, 3.8) is 0 Å². The van der Waals surface area contributed by atoms with Crippen molar-refractivity contribution in [1.82, 2.24) is 0 Å². The van der Waals surface area contributed by atoms with E-state index >= 15 is 0 Å². The molecule has 0 radical (unpaired) electrons. The third-order valence-corrected chi connectivity index (χ3v) is 3.35. The van der Waals surface area contributed by atoms with Crippen LogP contribution >= 0.6 is 0 Å². The molecule has 2 rings (SSSR count). The molecule has 0 nitrogen and oxygen atoms in total. The van der Waals surface area contributed by atoms with Crippen molar-refractivity contribution in [3.8, 4) is 0 Å². The first-order valence-electron chi connectivity index (χ1n) is 6.73. The first-order valence-corrected chi connectivity index (χ1v) is 6.73. The summed E-state index contributed by atoms with van der Waals surface area (Å²) >= 11 is 0. The zero-order valence-corrected chi connectivity index (χ0v) is 11.7. The second-order valence-corrected chi connectivity index (χ2v) is 4.72. The maximum absolute atomic E-state index is 3.88. The number of hydrogen-bond donors (Lipinski definition) is 0. The van der Waals surface area contributed by atoms with E-state index in [2.05, 4.69) is 69.0 Å². The fourth-order valence-corrected chi connectivity index (χ4v) is 2.17. The van der Waals surface area contributed by atoms with Crippen LogP contribution in [0.2, 0.25) is 0 Å². The van der Waals surface area contributed by atoms with Crippen LogP contribution in [0.25, 0.3) is 17.7 Å². The van der Waals surface area contributed by atoms with E-state index < -0.39 is 0 Å². The van der Waals surface area contributed by atoms with E-state index in [-0.39, 0.29) is 0 Å². The summed E-state index contributed by atoms with van der Waals surface area (Å²) in [7, 11) is 0. The normalized spacial score (nSPS) is 11.4. The van der Waals surface area contributed by atoms with Gasteiger partial charge in [-0.05, 0) is 35.6 Å². The Morgan fingerprint density at radius 2 is 1.63 bits per heavy atom. The van der Waals surface area contributed by atoms with Gasteiger partial charge in [-0.15, -0.1) is 0 Å². The van der Waals surface area contributed by atoms with E-state index in [1.807, 2.05) is 12.1 Å². The molecule has 0 saturated heterocycles. The van der Waals surface area contributed by atoms with Gasteiger partial charge in [-0.25, -0.2) is 0 Å². The lowest BCUT2D eigenvalue weighted by Gasteiger charge is -2.08. The Balaban J connectivity index is 2.43. The first kappa shape index (κ1) is 13.4. The van der Waals surface area contributed by atoms with Gasteiger partial charge >= 0.3 is 0 Å². The molecule has 0 amide bonds. The van der Waals surface area contributed by atoms with Gasteiger partial charge in [0.05, 0.1) is 0 Å². The molecule has 0 heteroatoms. The van der Waals surface area contributed by atoms with Crippen molar-refractivity contribution in [3.05, 3.63) is 77.4 Å². The van der Waals surface area contributed by atoms with E-state index in [0.717, 1.165) is 6.42 Å². The van der Waals surface area contributed by atoms with Crippen molar-refractivity contribution in [1.29, 1.82) is 0 Å². The predicted molar refractivity (Wildman–Crippen MR) is 85.9 cm³/mol. The molecule has 0 N–H and O–H groups in total. The molecule has 0 fully saturated rings. The Morgan fingerprint density at radius 3 is 2.21 bits per heavy atom. The van der Waals surface area contributed by atoms with Gasteiger partial charge in [0.2, 0.25) is 0 Å². The molecular weight excluding hydrogens is 228 g/mol. The molecule has 2 aromatic rings. The molecule has 0 aromatic heterocycles. The van der Waals surface area contributed by atoms with Gasteiger partial charge in [-0.3, -0.25) is 0 Å². The van der Waals surface area contributed by atoms with Crippen molar-refractivity contribution < 1.29 is 0 Å². The highest BCUT2D eigenvalue weighted by Gasteiger charge is 2.01. The monoisotopic (exact) mass is 248 g/mol. The van der Waals surface area contributed by atoms with Crippen LogP contribution in [0.4, 0.5) is 0 Å². The number of rotatable bonds is 4. The Hall–Kier alpha value is -2.08. The van der Waals surface area contributed by atoms with Crippen LogP contribution in [0.1, 0.15) is 35.6 Å². The van der Waals surface area contributed by atoms with Crippen LogP contribution in [0.3, 0.4) is 0 Å². The van der Waals surface area contributed by atoms with Gasteiger partial charge in [0.1, 0.15) is 0 Å².